The molecule has 2 heterocycles. The minimum atomic E-state index is -0.927. The fraction of sp³-hybridized carbons (Fsp3) is 0.261. The van der Waals surface area contributed by atoms with Gasteiger partial charge in [-0.2, -0.15) is 9.97 Å². The van der Waals surface area contributed by atoms with Crippen molar-refractivity contribution in [2.24, 2.45) is 0 Å². The Labute approximate surface area is 186 Å². The summed E-state index contributed by atoms with van der Waals surface area (Å²) >= 11 is 0. The maximum absolute atomic E-state index is 10.1. The van der Waals surface area contributed by atoms with Crippen LogP contribution < -0.4 is 16.4 Å². The van der Waals surface area contributed by atoms with Crippen molar-refractivity contribution in [1.82, 2.24) is 19.5 Å². The van der Waals surface area contributed by atoms with Gasteiger partial charge in [0.2, 0.25) is 5.95 Å². The number of aromatic nitrogens is 4. The average molecular weight is 434 g/mol. The lowest BCUT2D eigenvalue weighted by Gasteiger charge is -2.18. The number of hydrogen-bond acceptors (Lipinski definition) is 8. The SMILES string of the molecule is CC(C)(O)CNc1nc(NCc2cc(N)ccc2O)c2ncn(Cc3ccccc3)c2n1. The maximum atomic E-state index is 10.1. The number of benzene rings is 2. The molecule has 0 aliphatic rings. The second kappa shape index (κ2) is 8.72. The van der Waals surface area contributed by atoms with Crippen LogP contribution in [0.3, 0.4) is 0 Å². The first-order valence-electron chi connectivity index (χ1n) is 10.3. The molecule has 0 unspecified atom stereocenters. The second-order valence-corrected chi connectivity index (χ2v) is 8.33. The van der Waals surface area contributed by atoms with Gasteiger partial charge in [0.15, 0.2) is 17.0 Å². The number of phenols is 1. The number of nitrogen functional groups attached to an aromatic ring is 1. The van der Waals surface area contributed by atoms with E-state index in [9.17, 15) is 10.2 Å². The third kappa shape index (κ3) is 5.06. The summed E-state index contributed by atoms with van der Waals surface area (Å²) in [5, 5.41) is 26.6. The molecule has 0 fully saturated rings. The first kappa shape index (κ1) is 21.4. The number of aromatic hydroxyl groups is 1. The molecule has 166 valence electrons. The lowest BCUT2D eigenvalue weighted by molar-refractivity contribution is 0.0943. The largest absolute Gasteiger partial charge is 0.508 e. The van der Waals surface area contributed by atoms with Crippen LogP contribution in [0, 0.1) is 0 Å². The van der Waals surface area contributed by atoms with E-state index in [4.69, 9.17) is 5.73 Å². The fourth-order valence-corrected chi connectivity index (χ4v) is 3.26. The summed E-state index contributed by atoms with van der Waals surface area (Å²) in [7, 11) is 0. The summed E-state index contributed by atoms with van der Waals surface area (Å²) in [5.41, 5.74) is 8.52. The van der Waals surface area contributed by atoms with Crippen molar-refractivity contribution in [1.29, 1.82) is 0 Å². The Kier molecular flexibility index (Phi) is 5.83. The van der Waals surface area contributed by atoms with Crippen LogP contribution in [-0.4, -0.2) is 41.9 Å². The highest BCUT2D eigenvalue weighted by atomic mass is 16.3. The van der Waals surface area contributed by atoms with E-state index in [1.54, 1.807) is 38.4 Å². The smallest absolute Gasteiger partial charge is 0.226 e. The second-order valence-electron chi connectivity index (χ2n) is 8.33. The summed E-state index contributed by atoms with van der Waals surface area (Å²) in [6.45, 7) is 4.61. The molecule has 2 aromatic heterocycles. The van der Waals surface area contributed by atoms with E-state index >= 15 is 0 Å². The highest BCUT2D eigenvalue weighted by Gasteiger charge is 2.17. The van der Waals surface area contributed by atoms with Crippen molar-refractivity contribution < 1.29 is 10.2 Å². The molecular weight excluding hydrogens is 406 g/mol. The van der Waals surface area contributed by atoms with Crippen LogP contribution >= 0.6 is 0 Å². The molecule has 0 atom stereocenters. The highest BCUT2D eigenvalue weighted by Crippen LogP contribution is 2.25. The van der Waals surface area contributed by atoms with Crippen molar-refractivity contribution in [3.8, 4) is 5.75 Å². The standard InChI is InChI=1S/C23H27N7O2/c1-23(2,32)13-26-22-28-20(25-11-16-10-17(24)8-9-18(16)31)19-21(29-22)30(14-27-19)12-15-6-4-3-5-7-15/h3-10,14,31-32H,11-13,24H2,1-2H3,(H2,25,26,28,29). The number of anilines is 3. The predicted molar refractivity (Wildman–Crippen MR) is 126 cm³/mol. The van der Waals surface area contributed by atoms with Gasteiger partial charge in [-0.05, 0) is 37.6 Å². The minimum absolute atomic E-state index is 0.145. The number of imidazole rings is 1. The van der Waals surface area contributed by atoms with Crippen molar-refractivity contribution >= 4 is 28.6 Å². The molecule has 0 aliphatic heterocycles. The lowest BCUT2D eigenvalue weighted by atomic mass is 10.1. The third-order valence-electron chi connectivity index (χ3n) is 4.89. The van der Waals surface area contributed by atoms with Gasteiger partial charge >= 0.3 is 0 Å². The summed E-state index contributed by atoms with van der Waals surface area (Å²) < 4.78 is 1.95. The Hall–Kier alpha value is -3.85. The number of phenolic OH excluding ortho intramolecular Hbond substituents is 1. The zero-order valence-corrected chi connectivity index (χ0v) is 18.1. The Morgan fingerprint density at radius 1 is 1.06 bits per heavy atom. The highest BCUT2D eigenvalue weighted by molar-refractivity contribution is 5.84. The van der Waals surface area contributed by atoms with Crippen LogP contribution in [0.2, 0.25) is 0 Å². The maximum Gasteiger partial charge on any atom is 0.226 e. The van der Waals surface area contributed by atoms with Gasteiger partial charge in [0, 0.05) is 24.3 Å². The Bertz CT molecular complexity index is 1220. The number of nitrogens with two attached hydrogens (primary N) is 1. The number of fused-ring (bicyclic) bond motifs is 1. The number of nitrogens with one attached hydrogen (secondary N) is 2. The van der Waals surface area contributed by atoms with Gasteiger partial charge in [-0.25, -0.2) is 4.98 Å². The van der Waals surface area contributed by atoms with Gasteiger partial charge in [0.05, 0.1) is 18.5 Å². The third-order valence-corrected chi connectivity index (χ3v) is 4.89. The van der Waals surface area contributed by atoms with E-state index < -0.39 is 5.60 Å². The molecule has 4 aromatic rings. The lowest BCUT2D eigenvalue weighted by Crippen LogP contribution is -2.30. The van der Waals surface area contributed by atoms with Gasteiger partial charge in [0.1, 0.15) is 5.75 Å². The number of aliphatic hydroxyl groups is 1. The topological polar surface area (TPSA) is 134 Å². The fourth-order valence-electron chi connectivity index (χ4n) is 3.26. The van der Waals surface area contributed by atoms with Crippen molar-refractivity contribution in [2.45, 2.75) is 32.5 Å². The van der Waals surface area contributed by atoms with Crippen LogP contribution in [-0.2, 0) is 13.1 Å². The normalized spacial score (nSPS) is 11.6. The predicted octanol–water partition coefficient (Wildman–Crippen LogP) is 2.96. The molecule has 0 aliphatic carbocycles. The molecule has 0 saturated carbocycles. The monoisotopic (exact) mass is 433 g/mol. The zero-order valence-electron chi connectivity index (χ0n) is 18.1. The summed E-state index contributed by atoms with van der Waals surface area (Å²) in [5.74, 6) is 1.03. The van der Waals surface area contributed by atoms with Crippen molar-refractivity contribution in [2.75, 3.05) is 22.9 Å². The Morgan fingerprint density at radius 3 is 2.59 bits per heavy atom. The van der Waals surface area contributed by atoms with E-state index in [-0.39, 0.29) is 12.3 Å². The van der Waals surface area contributed by atoms with Crippen molar-refractivity contribution in [3.63, 3.8) is 0 Å². The molecule has 9 heteroatoms. The minimum Gasteiger partial charge on any atom is -0.508 e. The van der Waals surface area contributed by atoms with E-state index in [0.29, 0.717) is 47.3 Å². The number of rotatable bonds is 8. The first-order valence-corrected chi connectivity index (χ1v) is 10.3. The van der Waals surface area contributed by atoms with Crippen LogP contribution in [0.15, 0.2) is 54.9 Å². The summed E-state index contributed by atoms with van der Waals surface area (Å²) in [6.07, 6.45) is 1.73. The first-order chi connectivity index (χ1) is 15.3. The van der Waals surface area contributed by atoms with Crippen LogP contribution in [0.4, 0.5) is 17.5 Å². The Balaban J connectivity index is 1.68. The van der Waals surface area contributed by atoms with Crippen LogP contribution in [0.25, 0.3) is 11.2 Å². The van der Waals surface area contributed by atoms with Gasteiger partial charge in [-0.15, -0.1) is 0 Å². The zero-order chi connectivity index (χ0) is 22.7. The molecule has 4 rings (SSSR count). The van der Waals surface area contributed by atoms with Crippen LogP contribution in [0.5, 0.6) is 5.75 Å². The molecule has 0 saturated heterocycles. The summed E-state index contributed by atoms with van der Waals surface area (Å²) in [6, 6.07) is 15.0. The molecule has 0 amide bonds. The number of hydrogen-bond donors (Lipinski definition) is 5. The van der Waals surface area contributed by atoms with E-state index in [2.05, 4.69) is 25.6 Å². The average Bonchev–Trinajstić information content (AvgIpc) is 3.16. The number of nitrogens with zero attached hydrogens (tertiary/aromatic N) is 4. The summed E-state index contributed by atoms with van der Waals surface area (Å²) in [4.78, 5) is 13.7. The molecule has 9 nitrogen and oxygen atoms in total. The molecule has 0 bridgehead atoms. The molecule has 6 N–H and O–H groups in total. The van der Waals surface area contributed by atoms with E-state index in [0.717, 1.165) is 5.56 Å². The van der Waals surface area contributed by atoms with Gasteiger partial charge < -0.3 is 31.1 Å². The van der Waals surface area contributed by atoms with E-state index in [1.807, 2.05) is 34.9 Å². The van der Waals surface area contributed by atoms with E-state index in [1.165, 1.54) is 0 Å². The Morgan fingerprint density at radius 2 is 1.84 bits per heavy atom. The van der Waals surface area contributed by atoms with Crippen LogP contribution in [0.1, 0.15) is 25.0 Å². The van der Waals surface area contributed by atoms with Gasteiger partial charge in [-0.1, -0.05) is 30.3 Å². The molecular formula is C23H27N7O2. The van der Waals surface area contributed by atoms with Crippen molar-refractivity contribution in [3.05, 3.63) is 66.0 Å². The molecule has 0 radical (unpaired) electrons. The quantitative estimate of drug-likeness (QED) is 0.211. The molecule has 0 spiro atoms. The molecule has 32 heavy (non-hydrogen) atoms. The molecule has 2 aromatic carbocycles. The van der Waals surface area contributed by atoms with Gasteiger partial charge in [0.25, 0.3) is 0 Å². The van der Waals surface area contributed by atoms with Gasteiger partial charge in [-0.3, -0.25) is 0 Å².